The molecule has 28 heavy (non-hydrogen) atoms. The summed E-state index contributed by atoms with van der Waals surface area (Å²) < 4.78 is 27.7. The molecule has 2 heterocycles. The standard InChI is InChI=1S/C20H27N3O3S2/c1-16(20(24)21-12-9-18-6-5-15-27-18)23-13-10-17(11-14-23)22-28(25,26)19-7-3-2-4-8-19/h2-8,15-17,22H,9-14H2,1H3,(H,21,24). The first-order chi connectivity index (χ1) is 13.5. The second-order valence-corrected chi connectivity index (χ2v) is 9.79. The normalized spacial score (nSPS) is 17.3. The lowest BCUT2D eigenvalue weighted by molar-refractivity contribution is -0.126. The van der Waals surface area contributed by atoms with Gasteiger partial charge in [0.1, 0.15) is 0 Å². The molecule has 152 valence electrons. The number of amides is 1. The summed E-state index contributed by atoms with van der Waals surface area (Å²) in [5, 5.41) is 5.04. The molecule has 0 saturated carbocycles. The van der Waals surface area contributed by atoms with E-state index in [0.717, 1.165) is 6.42 Å². The van der Waals surface area contributed by atoms with Crippen LogP contribution in [0.5, 0.6) is 0 Å². The topological polar surface area (TPSA) is 78.5 Å². The molecule has 0 spiro atoms. The molecule has 1 aliphatic rings. The summed E-state index contributed by atoms with van der Waals surface area (Å²) >= 11 is 1.70. The zero-order valence-electron chi connectivity index (χ0n) is 16.0. The van der Waals surface area contributed by atoms with Crippen LogP contribution in [0.1, 0.15) is 24.6 Å². The highest BCUT2D eigenvalue weighted by Crippen LogP contribution is 2.17. The van der Waals surface area contributed by atoms with E-state index in [4.69, 9.17) is 0 Å². The number of benzene rings is 1. The molecule has 0 radical (unpaired) electrons. The highest BCUT2D eigenvalue weighted by molar-refractivity contribution is 7.89. The van der Waals surface area contributed by atoms with Crippen molar-refractivity contribution in [2.24, 2.45) is 0 Å². The van der Waals surface area contributed by atoms with Crippen molar-refractivity contribution < 1.29 is 13.2 Å². The Kier molecular flexibility index (Phi) is 7.23. The van der Waals surface area contributed by atoms with Crippen molar-refractivity contribution in [2.75, 3.05) is 19.6 Å². The summed E-state index contributed by atoms with van der Waals surface area (Å²) in [6, 6.07) is 12.2. The summed E-state index contributed by atoms with van der Waals surface area (Å²) in [4.78, 5) is 16.1. The Bertz CT molecular complexity index is 846. The molecule has 1 aromatic heterocycles. The Labute approximate surface area is 171 Å². The van der Waals surface area contributed by atoms with E-state index in [-0.39, 0.29) is 22.9 Å². The molecule has 6 nitrogen and oxygen atoms in total. The van der Waals surface area contributed by atoms with E-state index >= 15 is 0 Å². The number of hydrogen-bond donors (Lipinski definition) is 2. The van der Waals surface area contributed by atoms with Crippen LogP contribution in [0.25, 0.3) is 0 Å². The first-order valence-corrected chi connectivity index (χ1v) is 11.9. The molecule has 1 unspecified atom stereocenters. The summed E-state index contributed by atoms with van der Waals surface area (Å²) in [7, 11) is -3.49. The Morgan fingerprint density at radius 2 is 1.89 bits per heavy atom. The van der Waals surface area contributed by atoms with Gasteiger partial charge in [-0.05, 0) is 49.8 Å². The predicted molar refractivity (Wildman–Crippen MR) is 112 cm³/mol. The van der Waals surface area contributed by atoms with E-state index in [0.29, 0.717) is 32.5 Å². The summed E-state index contributed by atoms with van der Waals surface area (Å²) in [5.74, 6) is 0.0277. The van der Waals surface area contributed by atoms with Gasteiger partial charge >= 0.3 is 0 Å². The third-order valence-corrected chi connectivity index (χ3v) is 7.56. The van der Waals surface area contributed by atoms with Crippen LogP contribution >= 0.6 is 11.3 Å². The minimum Gasteiger partial charge on any atom is -0.354 e. The highest BCUT2D eigenvalue weighted by Gasteiger charge is 2.28. The van der Waals surface area contributed by atoms with Gasteiger partial charge in [-0.15, -0.1) is 11.3 Å². The molecule has 0 aliphatic carbocycles. The van der Waals surface area contributed by atoms with E-state index in [2.05, 4.69) is 21.0 Å². The third-order valence-electron chi connectivity index (χ3n) is 5.08. The number of carbonyl (C=O) groups is 1. The van der Waals surface area contributed by atoms with Crippen LogP contribution in [-0.2, 0) is 21.2 Å². The zero-order chi connectivity index (χ0) is 20.0. The molecule has 1 aromatic carbocycles. The van der Waals surface area contributed by atoms with Crippen LogP contribution in [0.4, 0.5) is 0 Å². The molecule has 1 atom stereocenters. The lowest BCUT2D eigenvalue weighted by Gasteiger charge is -2.35. The van der Waals surface area contributed by atoms with Gasteiger partial charge < -0.3 is 5.32 Å². The number of thiophene rings is 1. The molecule has 1 fully saturated rings. The van der Waals surface area contributed by atoms with Crippen LogP contribution in [0, 0.1) is 0 Å². The number of hydrogen-bond acceptors (Lipinski definition) is 5. The van der Waals surface area contributed by atoms with Crippen molar-refractivity contribution in [2.45, 2.75) is 43.2 Å². The van der Waals surface area contributed by atoms with Crippen LogP contribution < -0.4 is 10.0 Å². The summed E-state index contributed by atoms with van der Waals surface area (Å²) in [6.45, 7) is 3.94. The number of nitrogens with one attached hydrogen (secondary N) is 2. The van der Waals surface area contributed by atoms with Crippen LogP contribution in [0.3, 0.4) is 0 Å². The van der Waals surface area contributed by atoms with E-state index in [1.807, 2.05) is 18.4 Å². The second kappa shape index (κ2) is 9.65. The van der Waals surface area contributed by atoms with E-state index in [1.54, 1.807) is 41.7 Å². The van der Waals surface area contributed by atoms with Gasteiger partial charge in [0.15, 0.2) is 0 Å². The number of rotatable bonds is 8. The van der Waals surface area contributed by atoms with Gasteiger partial charge in [-0.3, -0.25) is 9.69 Å². The molecule has 3 rings (SSSR count). The van der Waals surface area contributed by atoms with Crippen molar-refractivity contribution in [1.29, 1.82) is 0 Å². The van der Waals surface area contributed by atoms with Crippen molar-refractivity contribution in [3.05, 3.63) is 52.7 Å². The van der Waals surface area contributed by atoms with Gasteiger partial charge in [0.2, 0.25) is 15.9 Å². The van der Waals surface area contributed by atoms with Gasteiger partial charge in [0.05, 0.1) is 10.9 Å². The number of sulfonamides is 1. The van der Waals surface area contributed by atoms with Crippen LogP contribution in [0.15, 0.2) is 52.7 Å². The zero-order valence-corrected chi connectivity index (χ0v) is 17.6. The lowest BCUT2D eigenvalue weighted by atomic mass is 10.0. The van der Waals surface area contributed by atoms with E-state index < -0.39 is 10.0 Å². The minimum atomic E-state index is -3.49. The molecule has 0 bridgehead atoms. The molecule has 2 N–H and O–H groups in total. The largest absolute Gasteiger partial charge is 0.354 e. The molecule has 8 heteroatoms. The monoisotopic (exact) mass is 421 g/mol. The maximum absolute atomic E-state index is 12.5. The number of likely N-dealkylation sites (tertiary alicyclic amines) is 1. The molecule has 1 aliphatic heterocycles. The quantitative estimate of drug-likeness (QED) is 0.685. The molecular formula is C20H27N3O3S2. The van der Waals surface area contributed by atoms with Gasteiger partial charge in [0.25, 0.3) is 0 Å². The van der Waals surface area contributed by atoms with Crippen LogP contribution in [0.2, 0.25) is 0 Å². The first-order valence-electron chi connectivity index (χ1n) is 9.57. The maximum Gasteiger partial charge on any atom is 0.240 e. The SMILES string of the molecule is CC(C(=O)NCCc1cccs1)N1CCC(NS(=O)(=O)c2ccccc2)CC1. The fraction of sp³-hybridized carbons (Fsp3) is 0.450. The van der Waals surface area contributed by atoms with Gasteiger partial charge in [-0.2, -0.15) is 0 Å². The average Bonchev–Trinajstić information content (AvgIpc) is 3.22. The van der Waals surface area contributed by atoms with Crippen molar-refractivity contribution in [1.82, 2.24) is 14.9 Å². The third kappa shape index (κ3) is 5.64. The fourth-order valence-corrected chi connectivity index (χ4v) is 5.40. The number of nitrogens with zero attached hydrogens (tertiary/aromatic N) is 1. The van der Waals surface area contributed by atoms with Crippen molar-refractivity contribution in [3.63, 3.8) is 0 Å². The Morgan fingerprint density at radius 3 is 2.54 bits per heavy atom. The first kappa shape index (κ1) is 21.0. The summed E-state index contributed by atoms with van der Waals surface area (Å²) in [6.07, 6.45) is 2.23. The molecule has 2 aromatic rings. The average molecular weight is 422 g/mol. The van der Waals surface area contributed by atoms with Gasteiger partial charge in [0, 0.05) is 30.6 Å². The lowest BCUT2D eigenvalue weighted by Crippen LogP contribution is -2.51. The highest BCUT2D eigenvalue weighted by atomic mass is 32.2. The summed E-state index contributed by atoms with van der Waals surface area (Å²) in [5.41, 5.74) is 0. The smallest absolute Gasteiger partial charge is 0.240 e. The second-order valence-electron chi connectivity index (χ2n) is 7.04. The molecule has 1 amide bonds. The molecular weight excluding hydrogens is 394 g/mol. The number of piperidine rings is 1. The van der Waals surface area contributed by atoms with Crippen LogP contribution in [-0.4, -0.2) is 50.9 Å². The fourth-order valence-electron chi connectivity index (χ4n) is 3.37. The Balaban J connectivity index is 1.43. The van der Waals surface area contributed by atoms with Gasteiger partial charge in [-0.1, -0.05) is 24.3 Å². The number of carbonyl (C=O) groups excluding carboxylic acids is 1. The van der Waals surface area contributed by atoms with E-state index in [9.17, 15) is 13.2 Å². The Hall–Kier alpha value is -1.74. The van der Waals surface area contributed by atoms with Gasteiger partial charge in [-0.25, -0.2) is 13.1 Å². The van der Waals surface area contributed by atoms with E-state index in [1.165, 1.54) is 4.88 Å². The maximum atomic E-state index is 12.5. The minimum absolute atomic E-state index is 0.0277. The van der Waals surface area contributed by atoms with Crippen molar-refractivity contribution in [3.8, 4) is 0 Å². The molecule has 1 saturated heterocycles. The Morgan fingerprint density at radius 1 is 1.18 bits per heavy atom. The predicted octanol–water partition coefficient (Wildman–Crippen LogP) is 2.24. The van der Waals surface area contributed by atoms with Crippen molar-refractivity contribution >= 4 is 27.3 Å².